The molecule has 0 aliphatic rings. The Bertz CT molecular complexity index is 781. The number of urea groups is 1. The van der Waals surface area contributed by atoms with Crippen molar-refractivity contribution in [3.63, 3.8) is 0 Å². The first kappa shape index (κ1) is 13.9. The monoisotopic (exact) mass is 297 g/mol. The number of benzene rings is 2. The molecule has 0 fully saturated rings. The van der Waals surface area contributed by atoms with Crippen LogP contribution >= 0.6 is 0 Å². The van der Waals surface area contributed by atoms with Gasteiger partial charge in [0.1, 0.15) is 11.4 Å². The Hall–Kier alpha value is -3.02. The van der Waals surface area contributed by atoms with Crippen molar-refractivity contribution in [2.75, 3.05) is 12.4 Å². The molecule has 0 atom stereocenters. The highest BCUT2D eigenvalue weighted by atomic mass is 16.5. The van der Waals surface area contributed by atoms with Crippen molar-refractivity contribution >= 4 is 22.7 Å². The lowest BCUT2D eigenvalue weighted by Crippen LogP contribution is -2.28. The molecule has 2 amide bonds. The second-order valence-electron chi connectivity index (χ2n) is 4.66. The first-order valence-electron chi connectivity index (χ1n) is 6.78. The van der Waals surface area contributed by atoms with E-state index in [1.165, 1.54) is 0 Å². The maximum absolute atomic E-state index is 11.9. The molecule has 1 heterocycles. The van der Waals surface area contributed by atoms with Gasteiger partial charge in [0.25, 0.3) is 0 Å². The number of para-hydroxylation sites is 1. The fourth-order valence-electron chi connectivity index (χ4n) is 2.08. The van der Waals surface area contributed by atoms with Crippen molar-refractivity contribution in [2.45, 2.75) is 6.54 Å². The third kappa shape index (κ3) is 3.01. The number of hydrogen-bond donors (Lipinski definition) is 2. The zero-order chi connectivity index (χ0) is 15.4. The van der Waals surface area contributed by atoms with Crippen molar-refractivity contribution in [3.8, 4) is 5.75 Å². The molecule has 6 heteroatoms. The lowest BCUT2D eigenvalue weighted by molar-refractivity contribution is 0.251. The van der Waals surface area contributed by atoms with E-state index in [9.17, 15) is 4.79 Å². The summed E-state index contributed by atoms with van der Waals surface area (Å²) < 4.78 is 10.3. The molecule has 3 rings (SSSR count). The van der Waals surface area contributed by atoms with Gasteiger partial charge in [-0.2, -0.15) is 0 Å². The molecule has 0 radical (unpaired) electrons. The summed E-state index contributed by atoms with van der Waals surface area (Å²) in [5, 5.41) is 10.3. The summed E-state index contributed by atoms with van der Waals surface area (Å²) >= 11 is 0. The van der Waals surface area contributed by atoms with E-state index in [1.54, 1.807) is 31.4 Å². The van der Waals surface area contributed by atoms with Crippen molar-refractivity contribution in [1.29, 1.82) is 0 Å². The molecular weight excluding hydrogens is 282 g/mol. The largest absolute Gasteiger partial charge is 0.497 e. The second kappa shape index (κ2) is 6.17. The summed E-state index contributed by atoms with van der Waals surface area (Å²) in [6.07, 6.45) is 0. The molecule has 112 valence electrons. The SMILES string of the molecule is COc1ccc(NC(=O)NCc2noc3ccccc23)cc1. The Morgan fingerprint density at radius 1 is 1.18 bits per heavy atom. The molecule has 22 heavy (non-hydrogen) atoms. The minimum atomic E-state index is -0.308. The van der Waals surface area contributed by atoms with Gasteiger partial charge in [0.2, 0.25) is 0 Å². The van der Waals surface area contributed by atoms with Crippen LogP contribution in [0.15, 0.2) is 53.1 Å². The van der Waals surface area contributed by atoms with Crippen molar-refractivity contribution < 1.29 is 14.1 Å². The number of carbonyl (C=O) groups is 1. The highest BCUT2D eigenvalue weighted by molar-refractivity contribution is 5.89. The van der Waals surface area contributed by atoms with Gasteiger partial charge in [-0.25, -0.2) is 4.79 Å². The van der Waals surface area contributed by atoms with Gasteiger partial charge < -0.3 is 19.9 Å². The summed E-state index contributed by atoms with van der Waals surface area (Å²) in [6.45, 7) is 0.291. The number of ether oxygens (including phenoxy) is 1. The standard InChI is InChI=1S/C16H15N3O3/c1-21-12-8-6-11(7-9-12)18-16(20)17-10-14-13-4-2-3-5-15(13)22-19-14/h2-9H,10H2,1H3,(H2,17,18,20). The average molecular weight is 297 g/mol. The van der Waals surface area contributed by atoms with E-state index in [2.05, 4.69) is 15.8 Å². The maximum Gasteiger partial charge on any atom is 0.319 e. The predicted molar refractivity (Wildman–Crippen MR) is 82.9 cm³/mol. The van der Waals surface area contributed by atoms with E-state index >= 15 is 0 Å². The Labute approximate surface area is 127 Å². The van der Waals surface area contributed by atoms with Crippen LogP contribution in [0.4, 0.5) is 10.5 Å². The number of fused-ring (bicyclic) bond motifs is 1. The fraction of sp³-hybridized carbons (Fsp3) is 0.125. The number of methoxy groups -OCH3 is 1. The van der Waals surface area contributed by atoms with Crippen molar-refractivity contribution in [3.05, 3.63) is 54.2 Å². The van der Waals surface area contributed by atoms with Gasteiger partial charge in [-0.1, -0.05) is 17.3 Å². The minimum Gasteiger partial charge on any atom is -0.497 e. The third-order valence-corrected chi connectivity index (χ3v) is 3.22. The quantitative estimate of drug-likeness (QED) is 0.775. The van der Waals surface area contributed by atoms with Gasteiger partial charge >= 0.3 is 6.03 Å². The second-order valence-corrected chi connectivity index (χ2v) is 4.66. The molecule has 6 nitrogen and oxygen atoms in total. The Morgan fingerprint density at radius 3 is 2.73 bits per heavy atom. The average Bonchev–Trinajstić information content (AvgIpc) is 2.97. The molecule has 0 spiro atoms. The zero-order valence-electron chi connectivity index (χ0n) is 12.0. The van der Waals surface area contributed by atoms with Crippen LogP contribution in [0.3, 0.4) is 0 Å². The van der Waals surface area contributed by atoms with Crippen molar-refractivity contribution in [1.82, 2.24) is 10.5 Å². The lowest BCUT2D eigenvalue weighted by atomic mass is 10.2. The van der Waals surface area contributed by atoms with E-state index < -0.39 is 0 Å². The van der Waals surface area contributed by atoms with Gasteiger partial charge in [0, 0.05) is 11.1 Å². The van der Waals surface area contributed by atoms with Crippen LogP contribution in [0.25, 0.3) is 11.0 Å². The van der Waals surface area contributed by atoms with Crippen LogP contribution in [-0.2, 0) is 6.54 Å². The Kier molecular flexibility index (Phi) is 3.91. The molecule has 2 N–H and O–H groups in total. The minimum absolute atomic E-state index is 0.291. The highest BCUT2D eigenvalue weighted by Crippen LogP contribution is 2.18. The summed E-state index contributed by atoms with van der Waals surface area (Å²) in [4.78, 5) is 11.9. The predicted octanol–water partition coefficient (Wildman–Crippen LogP) is 3.16. The summed E-state index contributed by atoms with van der Waals surface area (Å²) in [5.74, 6) is 0.736. The molecule has 0 saturated carbocycles. The molecule has 0 aliphatic carbocycles. The maximum atomic E-state index is 11.9. The van der Waals surface area contributed by atoms with Crippen LogP contribution in [0, 0.1) is 0 Å². The van der Waals surface area contributed by atoms with Crippen LogP contribution in [0.5, 0.6) is 5.75 Å². The number of nitrogens with one attached hydrogen (secondary N) is 2. The van der Waals surface area contributed by atoms with Gasteiger partial charge in [0.05, 0.1) is 13.7 Å². The van der Waals surface area contributed by atoms with Crippen molar-refractivity contribution in [2.24, 2.45) is 0 Å². The molecule has 0 bridgehead atoms. The highest BCUT2D eigenvalue weighted by Gasteiger charge is 2.09. The first-order valence-corrected chi connectivity index (χ1v) is 6.78. The number of anilines is 1. The molecule has 0 saturated heterocycles. The first-order chi connectivity index (χ1) is 10.8. The van der Waals surface area contributed by atoms with E-state index in [-0.39, 0.29) is 6.03 Å². The van der Waals surface area contributed by atoms with Gasteiger partial charge in [-0.15, -0.1) is 0 Å². The van der Waals surface area contributed by atoms with Gasteiger partial charge in [-0.05, 0) is 36.4 Å². The van der Waals surface area contributed by atoms with Crippen LogP contribution < -0.4 is 15.4 Å². The molecule has 0 unspecified atom stereocenters. The smallest absolute Gasteiger partial charge is 0.319 e. The van der Waals surface area contributed by atoms with E-state index in [0.717, 1.165) is 11.1 Å². The molecule has 1 aromatic heterocycles. The number of amides is 2. The zero-order valence-corrected chi connectivity index (χ0v) is 12.0. The third-order valence-electron chi connectivity index (χ3n) is 3.22. The van der Waals surface area contributed by atoms with E-state index in [4.69, 9.17) is 9.26 Å². The van der Waals surface area contributed by atoms with Crippen LogP contribution in [0.1, 0.15) is 5.69 Å². The number of aromatic nitrogens is 1. The fourth-order valence-corrected chi connectivity index (χ4v) is 2.08. The summed E-state index contributed by atoms with van der Waals surface area (Å²) in [5.41, 5.74) is 2.08. The summed E-state index contributed by atoms with van der Waals surface area (Å²) in [7, 11) is 1.59. The normalized spacial score (nSPS) is 10.4. The molecule has 3 aromatic rings. The van der Waals surface area contributed by atoms with Gasteiger partial charge in [0.15, 0.2) is 5.58 Å². The Balaban J connectivity index is 1.60. The van der Waals surface area contributed by atoms with E-state index in [0.29, 0.717) is 23.5 Å². The lowest BCUT2D eigenvalue weighted by Gasteiger charge is -2.07. The Morgan fingerprint density at radius 2 is 1.95 bits per heavy atom. The number of carbonyl (C=O) groups excluding carboxylic acids is 1. The molecule has 2 aromatic carbocycles. The molecule has 0 aliphatic heterocycles. The van der Waals surface area contributed by atoms with Gasteiger partial charge in [-0.3, -0.25) is 0 Å². The van der Waals surface area contributed by atoms with E-state index in [1.807, 2.05) is 24.3 Å². The van der Waals surface area contributed by atoms with Crippen LogP contribution in [0.2, 0.25) is 0 Å². The number of hydrogen-bond acceptors (Lipinski definition) is 4. The summed E-state index contributed by atoms with van der Waals surface area (Å²) in [6, 6.07) is 14.3. The molecular formula is C16H15N3O3. The topological polar surface area (TPSA) is 76.4 Å². The number of nitrogens with zero attached hydrogens (tertiary/aromatic N) is 1. The van der Waals surface area contributed by atoms with Crippen LogP contribution in [-0.4, -0.2) is 18.3 Å². The number of rotatable bonds is 4.